The van der Waals surface area contributed by atoms with E-state index in [0.29, 0.717) is 6.61 Å². The summed E-state index contributed by atoms with van der Waals surface area (Å²) in [5.74, 6) is 0. The van der Waals surface area contributed by atoms with Gasteiger partial charge < -0.3 is 10.5 Å². The Balaban J connectivity index is 2.94. The maximum Gasteiger partial charge on any atom is 0.244 e. The summed E-state index contributed by atoms with van der Waals surface area (Å²) >= 11 is 5.89. The van der Waals surface area contributed by atoms with Crippen LogP contribution in [0, 0.1) is 0 Å². The Hall–Kier alpha value is -0.820. The number of anilines is 1. The zero-order chi connectivity index (χ0) is 14.7. The monoisotopic (exact) mass is 306 g/mol. The second-order valence-electron chi connectivity index (χ2n) is 4.68. The van der Waals surface area contributed by atoms with Crippen molar-refractivity contribution in [3.8, 4) is 0 Å². The van der Waals surface area contributed by atoms with Crippen molar-refractivity contribution in [1.29, 1.82) is 0 Å². The van der Waals surface area contributed by atoms with E-state index in [-0.39, 0.29) is 22.2 Å². The Morgan fingerprint density at radius 2 is 2.05 bits per heavy atom. The zero-order valence-electron chi connectivity index (χ0n) is 11.2. The van der Waals surface area contributed by atoms with Gasteiger partial charge in [-0.25, -0.2) is 13.1 Å². The highest BCUT2D eigenvalue weighted by Crippen LogP contribution is 2.27. The SMILES string of the molecule is CCOC(C)(C)CNS(=O)(=O)c1c(N)cccc1Cl. The second-order valence-corrected chi connectivity index (χ2v) is 6.79. The van der Waals surface area contributed by atoms with Crippen molar-refractivity contribution in [3.05, 3.63) is 23.2 Å². The lowest BCUT2D eigenvalue weighted by Crippen LogP contribution is -2.40. The van der Waals surface area contributed by atoms with Gasteiger partial charge in [-0.2, -0.15) is 0 Å². The molecule has 7 heteroatoms. The third-order valence-electron chi connectivity index (χ3n) is 2.49. The van der Waals surface area contributed by atoms with Crippen LogP contribution in [0.3, 0.4) is 0 Å². The molecule has 1 aromatic carbocycles. The molecule has 0 heterocycles. The molecule has 0 saturated carbocycles. The van der Waals surface area contributed by atoms with Crippen LogP contribution in [-0.2, 0) is 14.8 Å². The topological polar surface area (TPSA) is 81.4 Å². The van der Waals surface area contributed by atoms with E-state index in [1.165, 1.54) is 12.1 Å². The lowest BCUT2D eigenvalue weighted by Gasteiger charge is -2.25. The molecular formula is C12H19ClN2O3S. The number of hydrogen-bond acceptors (Lipinski definition) is 4. The van der Waals surface area contributed by atoms with Crippen LogP contribution in [0.1, 0.15) is 20.8 Å². The molecule has 19 heavy (non-hydrogen) atoms. The van der Waals surface area contributed by atoms with E-state index in [1.54, 1.807) is 19.9 Å². The first-order chi connectivity index (χ1) is 8.69. The van der Waals surface area contributed by atoms with Gasteiger partial charge in [-0.05, 0) is 32.9 Å². The van der Waals surface area contributed by atoms with E-state index in [9.17, 15) is 8.42 Å². The fraction of sp³-hybridized carbons (Fsp3) is 0.500. The van der Waals surface area contributed by atoms with Crippen LogP contribution in [0.4, 0.5) is 5.69 Å². The van der Waals surface area contributed by atoms with E-state index in [0.717, 1.165) is 0 Å². The minimum atomic E-state index is -3.76. The lowest BCUT2D eigenvalue weighted by atomic mass is 10.1. The number of sulfonamides is 1. The first-order valence-electron chi connectivity index (χ1n) is 5.87. The Morgan fingerprint density at radius 1 is 1.42 bits per heavy atom. The quantitative estimate of drug-likeness (QED) is 0.788. The molecule has 5 nitrogen and oxygen atoms in total. The molecule has 0 unspecified atom stereocenters. The van der Waals surface area contributed by atoms with E-state index in [2.05, 4.69) is 4.72 Å². The Morgan fingerprint density at radius 3 is 2.58 bits per heavy atom. The summed E-state index contributed by atoms with van der Waals surface area (Å²) in [5, 5.41) is 0.0988. The molecule has 0 fully saturated rings. The number of nitrogens with one attached hydrogen (secondary N) is 1. The van der Waals surface area contributed by atoms with Crippen LogP contribution in [0.5, 0.6) is 0 Å². The number of hydrogen-bond donors (Lipinski definition) is 2. The van der Waals surface area contributed by atoms with Gasteiger partial charge in [0.05, 0.1) is 16.3 Å². The summed E-state index contributed by atoms with van der Waals surface area (Å²) in [6.07, 6.45) is 0. The molecule has 0 aromatic heterocycles. The number of nitrogens with two attached hydrogens (primary N) is 1. The van der Waals surface area contributed by atoms with Gasteiger partial charge in [0.15, 0.2) is 0 Å². The van der Waals surface area contributed by atoms with E-state index in [4.69, 9.17) is 22.1 Å². The van der Waals surface area contributed by atoms with Crippen molar-refractivity contribution in [2.75, 3.05) is 18.9 Å². The molecule has 0 bridgehead atoms. The van der Waals surface area contributed by atoms with Crippen molar-refractivity contribution in [1.82, 2.24) is 4.72 Å². The summed E-state index contributed by atoms with van der Waals surface area (Å²) in [5.41, 5.74) is 5.19. The summed E-state index contributed by atoms with van der Waals surface area (Å²) in [6.45, 7) is 6.09. The van der Waals surface area contributed by atoms with Crippen LogP contribution in [0.15, 0.2) is 23.1 Å². The van der Waals surface area contributed by atoms with Crippen LogP contribution < -0.4 is 10.5 Å². The molecule has 0 aliphatic heterocycles. The maximum atomic E-state index is 12.2. The normalized spacial score (nSPS) is 12.6. The highest BCUT2D eigenvalue weighted by atomic mass is 35.5. The number of benzene rings is 1. The highest BCUT2D eigenvalue weighted by molar-refractivity contribution is 7.89. The molecule has 0 aliphatic rings. The number of rotatable bonds is 6. The Kier molecular flexibility index (Phi) is 5.20. The predicted molar refractivity (Wildman–Crippen MR) is 76.8 cm³/mol. The van der Waals surface area contributed by atoms with Crippen molar-refractivity contribution < 1.29 is 13.2 Å². The summed E-state index contributed by atoms with van der Waals surface area (Å²) < 4.78 is 32.3. The average Bonchev–Trinajstić information content (AvgIpc) is 2.26. The second kappa shape index (κ2) is 6.09. The van der Waals surface area contributed by atoms with Crippen LogP contribution in [0.25, 0.3) is 0 Å². The van der Waals surface area contributed by atoms with Gasteiger partial charge in [0.25, 0.3) is 0 Å². The van der Waals surface area contributed by atoms with E-state index < -0.39 is 15.6 Å². The van der Waals surface area contributed by atoms with E-state index >= 15 is 0 Å². The molecule has 1 rings (SSSR count). The Labute approximate surface area is 119 Å². The standard InChI is InChI=1S/C12H19ClN2O3S/c1-4-18-12(2,3)8-15-19(16,17)11-9(13)6-5-7-10(11)14/h5-7,15H,4,8,14H2,1-3H3. The fourth-order valence-electron chi connectivity index (χ4n) is 1.59. The van der Waals surface area contributed by atoms with Gasteiger partial charge in [-0.3, -0.25) is 0 Å². The smallest absolute Gasteiger partial charge is 0.244 e. The van der Waals surface area contributed by atoms with E-state index in [1.807, 2.05) is 6.92 Å². The van der Waals surface area contributed by atoms with Crippen molar-refractivity contribution in [3.63, 3.8) is 0 Å². The van der Waals surface area contributed by atoms with Crippen LogP contribution in [0.2, 0.25) is 5.02 Å². The molecule has 0 aliphatic carbocycles. The zero-order valence-corrected chi connectivity index (χ0v) is 12.8. The summed E-state index contributed by atoms with van der Waals surface area (Å²) in [4.78, 5) is -0.0936. The van der Waals surface area contributed by atoms with Crippen molar-refractivity contribution in [2.45, 2.75) is 31.3 Å². The minimum Gasteiger partial charge on any atom is -0.398 e. The average molecular weight is 307 g/mol. The summed E-state index contributed by atoms with van der Waals surface area (Å²) in [6, 6.07) is 4.58. The van der Waals surface area contributed by atoms with Crippen molar-refractivity contribution in [2.24, 2.45) is 0 Å². The number of ether oxygens (including phenoxy) is 1. The minimum absolute atomic E-state index is 0.0936. The molecule has 0 amide bonds. The highest BCUT2D eigenvalue weighted by Gasteiger charge is 2.25. The van der Waals surface area contributed by atoms with Gasteiger partial charge in [-0.15, -0.1) is 0 Å². The molecule has 0 saturated heterocycles. The Bertz CT molecular complexity index is 524. The largest absolute Gasteiger partial charge is 0.398 e. The maximum absolute atomic E-state index is 12.2. The molecule has 0 radical (unpaired) electrons. The number of nitrogen functional groups attached to an aromatic ring is 1. The third-order valence-corrected chi connectivity index (χ3v) is 4.43. The van der Waals surface area contributed by atoms with Gasteiger partial charge in [-0.1, -0.05) is 17.7 Å². The lowest BCUT2D eigenvalue weighted by molar-refractivity contribution is -0.00514. The molecule has 0 spiro atoms. The molecule has 0 atom stereocenters. The van der Waals surface area contributed by atoms with Crippen LogP contribution >= 0.6 is 11.6 Å². The van der Waals surface area contributed by atoms with Gasteiger partial charge in [0, 0.05) is 13.2 Å². The van der Waals surface area contributed by atoms with Gasteiger partial charge in [0.2, 0.25) is 10.0 Å². The molecule has 3 N–H and O–H groups in total. The van der Waals surface area contributed by atoms with Gasteiger partial charge in [0.1, 0.15) is 4.90 Å². The molecule has 108 valence electrons. The first kappa shape index (κ1) is 16.2. The van der Waals surface area contributed by atoms with Gasteiger partial charge >= 0.3 is 0 Å². The molecular weight excluding hydrogens is 288 g/mol. The van der Waals surface area contributed by atoms with Crippen LogP contribution in [-0.4, -0.2) is 27.2 Å². The predicted octanol–water partition coefficient (Wildman–Crippen LogP) is 2.02. The summed E-state index contributed by atoms with van der Waals surface area (Å²) in [7, 11) is -3.76. The van der Waals surface area contributed by atoms with Crippen molar-refractivity contribution >= 4 is 27.3 Å². The fourth-order valence-corrected chi connectivity index (χ4v) is 3.46. The first-order valence-corrected chi connectivity index (χ1v) is 7.73. The number of halogens is 1. The molecule has 1 aromatic rings. The third kappa shape index (κ3) is 4.35.